The van der Waals surface area contributed by atoms with Gasteiger partial charge in [-0.25, -0.2) is 27.2 Å². The van der Waals surface area contributed by atoms with Crippen molar-refractivity contribution in [2.24, 2.45) is 7.05 Å². The third-order valence-electron chi connectivity index (χ3n) is 5.33. The summed E-state index contributed by atoms with van der Waals surface area (Å²) in [5, 5.41) is 3.01. The molecule has 8 nitrogen and oxygen atoms in total. The highest BCUT2D eigenvalue weighted by atomic mass is 32.2. The SMILES string of the molecule is Cn1cnc(S(=O)(=O)N2C[C@H](Nc3ncccc3OC(F)C(F)F)[C@@H](c3ccccc3)C2)c1. The van der Waals surface area contributed by atoms with Gasteiger partial charge in [-0.2, -0.15) is 8.70 Å². The molecule has 0 amide bonds. The predicted molar refractivity (Wildman–Crippen MR) is 114 cm³/mol. The number of ether oxygens (including phenoxy) is 1. The van der Waals surface area contributed by atoms with Gasteiger partial charge in [-0.1, -0.05) is 30.3 Å². The van der Waals surface area contributed by atoms with Crippen LogP contribution in [0.4, 0.5) is 19.0 Å². The van der Waals surface area contributed by atoms with Gasteiger partial charge in [0.25, 0.3) is 16.4 Å². The molecule has 0 bridgehead atoms. The molecular weight excluding hydrogens is 459 g/mol. The lowest BCUT2D eigenvalue weighted by Gasteiger charge is -2.22. The van der Waals surface area contributed by atoms with Crippen molar-refractivity contribution in [3.05, 3.63) is 66.7 Å². The van der Waals surface area contributed by atoms with E-state index in [4.69, 9.17) is 4.74 Å². The average molecular weight is 482 g/mol. The second kappa shape index (κ2) is 9.40. The summed E-state index contributed by atoms with van der Waals surface area (Å²) in [4.78, 5) is 8.07. The number of hydrogen-bond acceptors (Lipinski definition) is 6. The Hall–Kier alpha value is -3.12. The summed E-state index contributed by atoms with van der Waals surface area (Å²) in [6, 6.07) is 11.5. The molecule has 0 spiro atoms. The van der Waals surface area contributed by atoms with E-state index >= 15 is 0 Å². The molecule has 2 aromatic heterocycles. The smallest absolute Gasteiger partial charge is 0.304 e. The Kier molecular flexibility index (Phi) is 6.56. The van der Waals surface area contributed by atoms with E-state index in [1.54, 1.807) is 11.6 Å². The highest BCUT2D eigenvalue weighted by Crippen LogP contribution is 2.35. The average Bonchev–Trinajstić information content (AvgIpc) is 3.43. The molecule has 0 radical (unpaired) electrons. The highest BCUT2D eigenvalue weighted by molar-refractivity contribution is 7.89. The number of rotatable bonds is 8. The van der Waals surface area contributed by atoms with Crippen LogP contribution in [0.3, 0.4) is 0 Å². The Morgan fingerprint density at radius 1 is 1.09 bits per heavy atom. The van der Waals surface area contributed by atoms with Crippen molar-refractivity contribution in [3.63, 3.8) is 0 Å². The van der Waals surface area contributed by atoms with E-state index in [9.17, 15) is 21.6 Å². The van der Waals surface area contributed by atoms with Crippen LogP contribution >= 0.6 is 0 Å². The van der Waals surface area contributed by atoms with E-state index in [0.29, 0.717) is 0 Å². The molecule has 1 unspecified atom stereocenters. The van der Waals surface area contributed by atoms with Crippen molar-refractivity contribution >= 4 is 15.8 Å². The number of alkyl halides is 3. The Morgan fingerprint density at radius 3 is 2.52 bits per heavy atom. The van der Waals surface area contributed by atoms with Gasteiger partial charge in [0.1, 0.15) is 0 Å². The van der Waals surface area contributed by atoms with Gasteiger partial charge in [0, 0.05) is 44.5 Å². The lowest BCUT2D eigenvalue weighted by Crippen LogP contribution is -2.32. The van der Waals surface area contributed by atoms with Crippen LogP contribution in [0.1, 0.15) is 11.5 Å². The van der Waals surface area contributed by atoms with Crippen LogP contribution in [0.5, 0.6) is 5.75 Å². The van der Waals surface area contributed by atoms with Crippen LogP contribution in [-0.4, -0.2) is 59.2 Å². The van der Waals surface area contributed by atoms with Crippen molar-refractivity contribution in [2.75, 3.05) is 18.4 Å². The summed E-state index contributed by atoms with van der Waals surface area (Å²) in [6.07, 6.45) is -1.91. The van der Waals surface area contributed by atoms with Crippen molar-refractivity contribution in [2.45, 2.75) is 29.8 Å². The molecule has 12 heteroatoms. The third kappa shape index (κ3) is 4.96. The lowest BCUT2D eigenvalue weighted by atomic mass is 9.94. The van der Waals surface area contributed by atoms with Crippen molar-refractivity contribution in [3.8, 4) is 5.75 Å². The molecule has 1 aromatic carbocycles. The molecule has 3 atom stereocenters. The number of sulfonamides is 1. The minimum Gasteiger partial charge on any atom is -0.451 e. The van der Waals surface area contributed by atoms with Crippen LogP contribution in [0, 0.1) is 0 Å². The molecule has 33 heavy (non-hydrogen) atoms. The summed E-state index contributed by atoms with van der Waals surface area (Å²) in [5.41, 5.74) is 0.878. The third-order valence-corrected chi connectivity index (χ3v) is 7.05. The van der Waals surface area contributed by atoms with E-state index in [1.807, 2.05) is 30.3 Å². The van der Waals surface area contributed by atoms with Gasteiger partial charge in [0.05, 0.1) is 6.33 Å². The van der Waals surface area contributed by atoms with Crippen LogP contribution < -0.4 is 10.1 Å². The zero-order chi connectivity index (χ0) is 23.6. The van der Waals surface area contributed by atoms with Crippen molar-refractivity contribution < 1.29 is 26.3 Å². The summed E-state index contributed by atoms with van der Waals surface area (Å²) in [6.45, 7) is 0.217. The Morgan fingerprint density at radius 2 is 1.85 bits per heavy atom. The van der Waals surface area contributed by atoms with Crippen LogP contribution in [0.25, 0.3) is 0 Å². The quantitative estimate of drug-likeness (QED) is 0.532. The number of aryl methyl sites for hydroxylation is 1. The summed E-state index contributed by atoms with van der Waals surface area (Å²) < 4.78 is 72.8. The van der Waals surface area contributed by atoms with E-state index in [1.165, 1.54) is 35.2 Å². The number of halogens is 3. The van der Waals surface area contributed by atoms with Gasteiger partial charge >= 0.3 is 6.43 Å². The van der Waals surface area contributed by atoms with Crippen LogP contribution in [0.15, 0.2) is 66.2 Å². The van der Waals surface area contributed by atoms with Gasteiger partial charge < -0.3 is 14.6 Å². The van der Waals surface area contributed by atoms with E-state index in [2.05, 4.69) is 15.3 Å². The molecule has 0 aliphatic carbocycles. The largest absolute Gasteiger partial charge is 0.451 e. The van der Waals surface area contributed by atoms with E-state index < -0.39 is 28.8 Å². The normalized spacial score (nSPS) is 20.2. The summed E-state index contributed by atoms with van der Waals surface area (Å²) in [7, 11) is -2.20. The second-order valence-electron chi connectivity index (χ2n) is 7.62. The maximum Gasteiger partial charge on any atom is 0.304 e. The minimum atomic E-state index is -3.87. The molecule has 0 saturated carbocycles. The molecule has 1 fully saturated rings. The fourth-order valence-electron chi connectivity index (χ4n) is 3.74. The number of anilines is 1. The van der Waals surface area contributed by atoms with Gasteiger partial charge in [-0.15, -0.1) is 0 Å². The molecule has 176 valence electrons. The number of hydrogen-bond donors (Lipinski definition) is 1. The summed E-state index contributed by atoms with van der Waals surface area (Å²) in [5.74, 6) is -0.442. The molecule has 1 aliphatic rings. The topological polar surface area (TPSA) is 89.4 Å². The van der Waals surface area contributed by atoms with Crippen molar-refractivity contribution in [1.29, 1.82) is 0 Å². The predicted octanol–water partition coefficient (Wildman–Crippen LogP) is 3.02. The first-order valence-corrected chi connectivity index (χ1v) is 11.5. The minimum absolute atomic E-state index is 0.0452. The number of nitrogens with one attached hydrogen (secondary N) is 1. The molecule has 1 aliphatic heterocycles. The van der Waals surface area contributed by atoms with Gasteiger partial charge in [-0.05, 0) is 17.7 Å². The molecular formula is C21H22F3N5O3S. The second-order valence-corrected chi connectivity index (χ2v) is 9.51. The fraction of sp³-hybridized carbons (Fsp3) is 0.333. The molecule has 1 N–H and O–H groups in total. The monoisotopic (exact) mass is 481 g/mol. The van der Waals surface area contributed by atoms with Crippen molar-refractivity contribution in [1.82, 2.24) is 18.8 Å². The standard InChI is InChI=1S/C21H22F3N5O3S/c1-28-12-18(26-13-28)33(30,31)29-10-15(14-6-3-2-4-7-14)16(11-29)27-21-17(8-5-9-25-21)32-20(24)19(22)23/h2-9,12-13,15-16,19-20H,10-11H2,1H3,(H,25,27)/t15-,16+,20?/m1/s1. The maximum absolute atomic E-state index is 13.5. The highest BCUT2D eigenvalue weighted by Gasteiger charge is 2.41. The van der Waals surface area contributed by atoms with Gasteiger partial charge in [-0.3, -0.25) is 0 Å². The Bertz CT molecular complexity index is 1190. The zero-order valence-electron chi connectivity index (χ0n) is 17.6. The van der Waals surface area contributed by atoms with Gasteiger partial charge in [0.2, 0.25) is 0 Å². The van der Waals surface area contributed by atoms with Crippen LogP contribution in [0.2, 0.25) is 0 Å². The van der Waals surface area contributed by atoms with Gasteiger partial charge in [0.15, 0.2) is 16.6 Å². The Balaban J connectivity index is 1.63. The molecule has 4 rings (SSSR count). The maximum atomic E-state index is 13.5. The van der Waals surface area contributed by atoms with Crippen LogP contribution in [-0.2, 0) is 17.1 Å². The first-order chi connectivity index (χ1) is 15.8. The molecule has 3 aromatic rings. The number of nitrogens with zero attached hydrogens (tertiary/aromatic N) is 4. The molecule has 1 saturated heterocycles. The zero-order valence-corrected chi connectivity index (χ0v) is 18.4. The van der Waals surface area contributed by atoms with E-state index in [0.717, 1.165) is 5.56 Å². The first kappa shape index (κ1) is 23.1. The molecule has 3 heterocycles. The van der Waals surface area contributed by atoms with E-state index in [-0.39, 0.29) is 35.6 Å². The first-order valence-electron chi connectivity index (χ1n) is 10.1. The summed E-state index contributed by atoms with van der Waals surface area (Å²) >= 11 is 0. The fourth-order valence-corrected chi connectivity index (χ4v) is 5.20. The number of pyridine rings is 1. The number of benzene rings is 1. The Labute approximate surface area is 189 Å². The lowest BCUT2D eigenvalue weighted by molar-refractivity contribution is -0.0666. The number of imidazole rings is 1. The number of aromatic nitrogens is 3.